The molecule has 0 radical (unpaired) electrons. The largest absolute Gasteiger partial charge is 0.454 e. The summed E-state index contributed by atoms with van der Waals surface area (Å²) < 4.78 is 5.41. The van der Waals surface area contributed by atoms with Crippen molar-refractivity contribution in [1.29, 1.82) is 0 Å². The van der Waals surface area contributed by atoms with Crippen molar-refractivity contribution in [3.63, 3.8) is 0 Å². The van der Waals surface area contributed by atoms with Gasteiger partial charge in [-0.25, -0.2) is 0 Å². The molecule has 0 spiro atoms. The van der Waals surface area contributed by atoms with E-state index in [1.807, 2.05) is 18.3 Å². The van der Waals surface area contributed by atoms with Gasteiger partial charge in [-0.2, -0.15) is 0 Å². The molecule has 1 N–H and O–H groups in total. The van der Waals surface area contributed by atoms with E-state index in [1.165, 1.54) is 0 Å². The summed E-state index contributed by atoms with van der Waals surface area (Å²) in [6, 6.07) is 7.21. The predicted octanol–water partition coefficient (Wildman–Crippen LogP) is 3.18. The van der Waals surface area contributed by atoms with Crippen LogP contribution in [-0.4, -0.2) is 22.8 Å². The number of rotatable bonds is 4. The van der Waals surface area contributed by atoms with Crippen molar-refractivity contribution < 1.29 is 9.21 Å². The number of alkyl halides is 1. The van der Waals surface area contributed by atoms with Crippen molar-refractivity contribution in [2.75, 3.05) is 7.05 Å². The summed E-state index contributed by atoms with van der Waals surface area (Å²) in [6.07, 6.45) is 1.83. The minimum absolute atomic E-state index is 0.159. The number of aromatic nitrogens is 1. The number of amides is 1. The summed E-state index contributed by atoms with van der Waals surface area (Å²) in [5.74, 6) is 0.757. The highest BCUT2D eigenvalue weighted by molar-refractivity contribution is 6.20. The van der Waals surface area contributed by atoms with E-state index < -0.39 is 0 Å². The second kappa shape index (κ2) is 5.31. The number of halogens is 1. The lowest BCUT2D eigenvalue weighted by atomic mass is 10.3. The number of carbonyl (C=O) groups is 1. The van der Waals surface area contributed by atoms with Gasteiger partial charge in [-0.15, -0.1) is 11.6 Å². The Morgan fingerprint density at radius 3 is 2.83 bits per heavy atom. The summed E-state index contributed by atoms with van der Waals surface area (Å²) in [7, 11) is 1.73. The lowest BCUT2D eigenvalue weighted by molar-refractivity contribution is 0.0750. The summed E-state index contributed by atoms with van der Waals surface area (Å²) in [5, 5.41) is -0.236. The Labute approximate surface area is 111 Å². The van der Waals surface area contributed by atoms with Gasteiger partial charge in [0.1, 0.15) is 5.76 Å². The number of hydrogen-bond acceptors (Lipinski definition) is 2. The van der Waals surface area contributed by atoms with Crippen LogP contribution in [0.25, 0.3) is 0 Å². The topological polar surface area (TPSA) is 49.2 Å². The number of nitrogens with one attached hydrogen (secondary N) is 1. The minimum Gasteiger partial charge on any atom is -0.454 e. The third-order valence-electron chi connectivity index (χ3n) is 2.65. The van der Waals surface area contributed by atoms with Gasteiger partial charge in [0.15, 0.2) is 5.76 Å². The summed E-state index contributed by atoms with van der Waals surface area (Å²) >= 11 is 5.89. The molecule has 0 saturated heterocycles. The van der Waals surface area contributed by atoms with Crippen LogP contribution in [0.4, 0.5) is 0 Å². The van der Waals surface area contributed by atoms with Crippen LogP contribution < -0.4 is 0 Å². The molecule has 0 fully saturated rings. The molecule has 96 valence electrons. The fraction of sp³-hybridized carbons (Fsp3) is 0.308. The molecular weight excluding hydrogens is 252 g/mol. The Hall–Kier alpha value is -1.68. The zero-order chi connectivity index (χ0) is 13.1. The zero-order valence-corrected chi connectivity index (χ0v) is 11.1. The molecule has 4 nitrogen and oxygen atoms in total. The molecule has 0 aliphatic rings. The highest BCUT2D eigenvalue weighted by Gasteiger charge is 2.17. The standard InChI is InChI=1S/C13H15ClN2O2/c1-9(14)11-5-6-12(18-11)13(17)16(2)8-10-4-3-7-15-10/h3-7,9,15H,8H2,1-2H3. The average Bonchev–Trinajstić information content (AvgIpc) is 2.98. The van der Waals surface area contributed by atoms with Crippen molar-refractivity contribution >= 4 is 17.5 Å². The molecule has 5 heteroatoms. The zero-order valence-electron chi connectivity index (χ0n) is 10.3. The van der Waals surface area contributed by atoms with E-state index in [4.69, 9.17) is 16.0 Å². The summed E-state index contributed by atoms with van der Waals surface area (Å²) in [5.41, 5.74) is 0.975. The van der Waals surface area contributed by atoms with Gasteiger partial charge in [-0.05, 0) is 31.2 Å². The third-order valence-corrected chi connectivity index (χ3v) is 2.86. The van der Waals surface area contributed by atoms with Crippen LogP contribution in [0.1, 0.15) is 34.3 Å². The smallest absolute Gasteiger partial charge is 0.289 e. The van der Waals surface area contributed by atoms with Crippen molar-refractivity contribution in [3.8, 4) is 0 Å². The number of H-pyrrole nitrogens is 1. The summed E-state index contributed by atoms with van der Waals surface area (Å²) in [6.45, 7) is 2.32. The monoisotopic (exact) mass is 266 g/mol. The molecule has 0 bridgehead atoms. The van der Waals surface area contributed by atoms with Crippen LogP contribution in [0.5, 0.6) is 0 Å². The maximum absolute atomic E-state index is 12.1. The number of furan rings is 1. The van der Waals surface area contributed by atoms with Crippen LogP contribution in [0.3, 0.4) is 0 Å². The van der Waals surface area contributed by atoms with Crippen LogP contribution in [0, 0.1) is 0 Å². The second-order valence-corrected chi connectivity index (χ2v) is 4.83. The van der Waals surface area contributed by atoms with Crippen LogP contribution in [0.15, 0.2) is 34.9 Å². The predicted molar refractivity (Wildman–Crippen MR) is 69.6 cm³/mol. The highest BCUT2D eigenvalue weighted by atomic mass is 35.5. The molecule has 0 aliphatic heterocycles. The van der Waals surface area contributed by atoms with Gasteiger partial charge >= 0.3 is 0 Å². The Morgan fingerprint density at radius 1 is 1.50 bits per heavy atom. The first-order chi connectivity index (χ1) is 8.58. The molecule has 0 aliphatic carbocycles. The lowest BCUT2D eigenvalue weighted by Gasteiger charge is -2.14. The van der Waals surface area contributed by atoms with Crippen molar-refractivity contribution in [2.24, 2.45) is 0 Å². The maximum atomic E-state index is 12.1. The van der Waals surface area contributed by atoms with Gasteiger partial charge in [-0.3, -0.25) is 4.79 Å². The lowest BCUT2D eigenvalue weighted by Crippen LogP contribution is -2.25. The van der Waals surface area contributed by atoms with E-state index in [9.17, 15) is 4.79 Å². The molecule has 1 unspecified atom stereocenters. The number of nitrogens with zero attached hydrogens (tertiary/aromatic N) is 1. The minimum atomic E-state index is -0.236. The van der Waals surface area contributed by atoms with Crippen molar-refractivity contribution in [2.45, 2.75) is 18.8 Å². The Bertz CT molecular complexity index is 517. The first kappa shape index (κ1) is 12.8. The Kier molecular flexibility index (Phi) is 3.77. The van der Waals surface area contributed by atoms with Gasteiger partial charge < -0.3 is 14.3 Å². The van der Waals surface area contributed by atoms with Gasteiger partial charge in [-0.1, -0.05) is 0 Å². The van der Waals surface area contributed by atoms with Crippen LogP contribution >= 0.6 is 11.6 Å². The van der Waals surface area contributed by atoms with E-state index in [2.05, 4.69) is 4.98 Å². The van der Waals surface area contributed by atoms with E-state index in [0.717, 1.165) is 5.69 Å². The maximum Gasteiger partial charge on any atom is 0.289 e. The first-order valence-corrected chi connectivity index (χ1v) is 6.13. The SMILES string of the molecule is CC(Cl)c1ccc(C(=O)N(C)Cc2ccc[nH]2)o1. The van der Waals surface area contributed by atoms with Gasteiger partial charge in [0.2, 0.25) is 0 Å². The van der Waals surface area contributed by atoms with Crippen molar-refractivity contribution in [1.82, 2.24) is 9.88 Å². The fourth-order valence-corrected chi connectivity index (χ4v) is 1.78. The Morgan fingerprint density at radius 2 is 2.28 bits per heavy atom. The number of carbonyl (C=O) groups excluding carboxylic acids is 1. The Balaban J connectivity index is 2.05. The molecule has 2 rings (SSSR count). The van der Waals surface area contributed by atoms with Crippen molar-refractivity contribution in [3.05, 3.63) is 47.7 Å². The quantitative estimate of drug-likeness (QED) is 0.864. The molecule has 0 aromatic carbocycles. The van der Waals surface area contributed by atoms with E-state index in [-0.39, 0.29) is 11.3 Å². The molecule has 1 amide bonds. The van der Waals surface area contributed by atoms with E-state index in [0.29, 0.717) is 18.1 Å². The van der Waals surface area contributed by atoms with Crippen LogP contribution in [-0.2, 0) is 6.54 Å². The second-order valence-electron chi connectivity index (χ2n) is 4.17. The van der Waals surface area contributed by atoms with Crippen LogP contribution in [0.2, 0.25) is 0 Å². The van der Waals surface area contributed by atoms with Gasteiger partial charge in [0, 0.05) is 18.9 Å². The molecular formula is C13H15ClN2O2. The molecule has 2 aromatic rings. The van der Waals surface area contributed by atoms with E-state index in [1.54, 1.807) is 31.0 Å². The fourth-order valence-electron chi connectivity index (χ4n) is 1.66. The molecule has 0 saturated carbocycles. The normalized spacial score (nSPS) is 12.4. The van der Waals surface area contributed by atoms with E-state index >= 15 is 0 Å². The number of hydrogen-bond donors (Lipinski definition) is 1. The highest BCUT2D eigenvalue weighted by Crippen LogP contribution is 2.22. The molecule has 18 heavy (non-hydrogen) atoms. The van der Waals surface area contributed by atoms with Gasteiger partial charge in [0.05, 0.1) is 11.9 Å². The average molecular weight is 267 g/mol. The molecule has 2 heterocycles. The first-order valence-electron chi connectivity index (χ1n) is 5.69. The molecule has 1 atom stereocenters. The molecule has 2 aromatic heterocycles. The van der Waals surface area contributed by atoms with Gasteiger partial charge in [0.25, 0.3) is 5.91 Å². The third kappa shape index (κ3) is 2.76. The number of aromatic amines is 1. The summed E-state index contributed by atoms with van der Waals surface area (Å²) in [4.78, 5) is 16.7.